The Labute approximate surface area is 103 Å². The van der Waals surface area contributed by atoms with Crippen molar-refractivity contribution in [3.8, 4) is 0 Å². The zero-order chi connectivity index (χ0) is 12.1. The number of carbonyl (C=O) groups excluding carboxylic acids is 1. The van der Waals surface area contributed by atoms with Crippen LogP contribution < -0.4 is 11.3 Å². The highest BCUT2D eigenvalue weighted by Crippen LogP contribution is 2.30. The lowest BCUT2D eigenvalue weighted by Gasteiger charge is -2.32. The van der Waals surface area contributed by atoms with Gasteiger partial charge in [0.2, 0.25) is 5.91 Å². The van der Waals surface area contributed by atoms with Gasteiger partial charge in [0.15, 0.2) is 0 Å². The van der Waals surface area contributed by atoms with Crippen LogP contribution in [0.1, 0.15) is 57.8 Å². The van der Waals surface area contributed by atoms with Gasteiger partial charge in [0.05, 0.1) is 12.2 Å². The summed E-state index contributed by atoms with van der Waals surface area (Å²) in [5, 5.41) is 0. The summed E-state index contributed by atoms with van der Waals surface area (Å²) in [6, 6.07) is 0. The minimum atomic E-state index is -0.0129. The molecule has 0 aromatic rings. The van der Waals surface area contributed by atoms with Crippen molar-refractivity contribution >= 4 is 5.91 Å². The lowest BCUT2D eigenvalue weighted by atomic mass is 9.86. The van der Waals surface area contributed by atoms with Crippen molar-refractivity contribution in [2.24, 2.45) is 11.8 Å². The molecule has 0 unspecified atom stereocenters. The van der Waals surface area contributed by atoms with E-state index in [1.165, 1.54) is 32.1 Å². The molecule has 17 heavy (non-hydrogen) atoms. The van der Waals surface area contributed by atoms with E-state index in [-0.39, 0.29) is 11.8 Å². The first-order valence-electron chi connectivity index (χ1n) is 6.95. The lowest BCUT2D eigenvalue weighted by Crippen LogP contribution is -2.39. The largest absolute Gasteiger partial charge is 0.375 e. The van der Waals surface area contributed by atoms with Gasteiger partial charge >= 0.3 is 0 Å². The smallest absolute Gasteiger partial charge is 0.236 e. The van der Waals surface area contributed by atoms with Crippen LogP contribution in [0.15, 0.2) is 0 Å². The van der Waals surface area contributed by atoms with E-state index >= 15 is 0 Å². The summed E-state index contributed by atoms with van der Waals surface area (Å²) in [4.78, 5) is 11.4. The molecule has 3 N–H and O–H groups in total. The van der Waals surface area contributed by atoms with Crippen LogP contribution in [0.4, 0.5) is 0 Å². The highest BCUT2D eigenvalue weighted by Gasteiger charge is 2.28. The van der Waals surface area contributed by atoms with Crippen molar-refractivity contribution in [1.29, 1.82) is 0 Å². The Bertz CT molecular complexity index is 244. The maximum Gasteiger partial charge on any atom is 0.236 e. The predicted octanol–water partition coefficient (Wildman–Crippen LogP) is 1.88. The summed E-state index contributed by atoms with van der Waals surface area (Å²) in [6.07, 6.45) is 11.2. The first-order valence-corrected chi connectivity index (χ1v) is 6.95. The molecule has 0 aromatic carbocycles. The molecule has 98 valence electrons. The molecule has 2 saturated carbocycles. The minimum absolute atomic E-state index is 0.0129. The molecule has 2 aliphatic carbocycles. The zero-order valence-electron chi connectivity index (χ0n) is 10.5. The molecule has 1 amide bonds. The van der Waals surface area contributed by atoms with Crippen LogP contribution in [0.2, 0.25) is 0 Å². The summed E-state index contributed by atoms with van der Waals surface area (Å²) in [7, 11) is 0. The molecule has 4 heteroatoms. The van der Waals surface area contributed by atoms with Gasteiger partial charge in [0.25, 0.3) is 0 Å². The molecule has 0 radical (unpaired) electrons. The standard InChI is InChI=1S/C13H24N2O2/c14-15-13(16)10-6-8-12(9-7-10)17-11-4-2-1-3-5-11/h10-12H,1-9,14H2,(H,15,16). The fourth-order valence-corrected chi connectivity index (χ4v) is 3.05. The summed E-state index contributed by atoms with van der Waals surface area (Å²) < 4.78 is 6.13. The molecule has 0 aliphatic heterocycles. The quantitative estimate of drug-likeness (QED) is 0.450. The van der Waals surface area contributed by atoms with E-state index in [1.54, 1.807) is 0 Å². The number of hydrazine groups is 1. The normalized spacial score (nSPS) is 31.1. The third-order valence-electron chi connectivity index (χ3n) is 4.12. The van der Waals surface area contributed by atoms with E-state index < -0.39 is 0 Å². The molecule has 2 rings (SSSR count). The number of nitrogens with one attached hydrogen (secondary N) is 1. The summed E-state index contributed by atoms with van der Waals surface area (Å²) >= 11 is 0. The SMILES string of the molecule is NNC(=O)C1CCC(OC2CCCCC2)CC1. The molecule has 0 atom stereocenters. The topological polar surface area (TPSA) is 64.3 Å². The van der Waals surface area contributed by atoms with E-state index in [1.807, 2.05) is 0 Å². The van der Waals surface area contributed by atoms with Crippen LogP contribution in [-0.2, 0) is 9.53 Å². The highest BCUT2D eigenvalue weighted by atomic mass is 16.5. The zero-order valence-corrected chi connectivity index (χ0v) is 10.5. The average molecular weight is 240 g/mol. The van der Waals surface area contributed by atoms with Gasteiger partial charge in [-0.1, -0.05) is 19.3 Å². The third-order valence-corrected chi connectivity index (χ3v) is 4.12. The highest BCUT2D eigenvalue weighted by molar-refractivity contribution is 5.77. The van der Waals surface area contributed by atoms with Gasteiger partial charge in [-0.25, -0.2) is 5.84 Å². The van der Waals surface area contributed by atoms with Gasteiger partial charge in [-0.15, -0.1) is 0 Å². The Morgan fingerprint density at radius 1 is 0.941 bits per heavy atom. The first-order chi connectivity index (χ1) is 8.29. The van der Waals surface area contributed by atoms with Crippen LogP contribution in [0, 0.1) is 5.92 Å². The molecular formula is C13H24N2O2. The van der Waals surface area contributed by atoms with Gasteiger partial charge in [-0.3, -0.25) is 10.2 Å². The lowest BCUT2D eigenvalue weighted by molar-refractivity contribution is -0.127. The van der Waals surface area contributed by atoms with Gasteiger partial charge in [-0.05, 0) is 38.5 Å². The van der Waals surface area contributed by atoms with E-state index in [2.05, 4.69) is 5.43 Å². The molecular weight excluding hydrogens is 216 g/mol. The van der Waals surface area contributed by atoms with Crippen molar-refractivity contribution in [3.05, 3.63) is 0 Å². The molecule has 0 bridgehead atoms. The third kappa shape index (κ3) is 3.68. The Morgan fingerprint density at radius 2 is 1.53 bits per heavy atom. The van der Waals surface area contributed by atoms with Gasteiger partial charge in [-0.2, -0.15) is 0 Å². The van der Waals surface area contributed by atoms with Crippen molar-refractivity contribution in [1.82, 2.24) is 5.43 Å². The number of hydrogen-bond acceptors (Lipinski definition) is 3. The van der Waals surface area contributed by atoms with Crippen LogP contribution in [0.5, 0.6) is 0 Å². The Hall–Kier alpha value is -0.610. The molecule has 2 fully saturated rings. The van der Waals surface area contributed by atoms with Crippen molar-refractivity contribution in [2.45, 2.75) is 70.0 Å². The molecule has 0 spiro atoms. The Balaban J connectivity index is 1.69. The van der Waals surface area contributed by atoms with Crippen LogP contribution in [0.3, 0.4) is 0 Å². The summed E-state index contributed by atoms with van der Waals surface area (Å²) in [6.45, 7) is 0. The van der Waals surface area contributed by atoms with Gasteiger partial charge in [0.1, 0.15) is 0 Å². The van der Waals surface area contributed by atoms with Gasteiger partial charge in [0, 0.05) is 5.92 Å². The van der Waals surface area contributed by atoms with E-state index in [4.69, 9.17) is 10.6 Å². The first kappa shape index (κ1) is 12.8. The minimum Gasteiger partial charge on any atom is -0.375 e. The molecule has 2 aliphatic rings. The van der Waals surface area contributed by atoms with Crippen molar-refractivity contribution in [3.63, 3.8) is 0 Å². The van der Waals surface area contributed by atoms with E-state index in [9.17, 15) is 4.79 Å². The summed E-state index contributed by atoms with van der Waals surface area (Å²) in [5.74, 6) is 5.25. The molecule has 4 nitrogen and oxygen atoms in total. The van der Waals surface area contributed by atoms with Crippen molar-refractivity contribution < 1.29 is 9.53 Å². The molecule has 0 saturated heterocycles. The van der Waals surface area contributed by atoms with E-state index in [0.717, 1.165) is 25.7 Å². The summed E-state index contributed by atoms with van der Waals surface area (Å²) in [5.41, 5.74) is 2.25. The number of nitrogens with two attached hydrogens (primary N) is 1. The van der Waals surface area contributed by atoms with Crippen LogP contribution >= 0.6 is 0 Å². The maximum atomic E-state index is 11.4. The Kier molecular flexibility index (Phi) is 4.80. The average Bonchev–Trinajstić information content (AvgIpc) is 2.40. The second-order valence-corrected chi connectivity index (χ2v) is 5.38. The van der Waals surface area contributed by atoms with Crippen LogP contribution in [-0.4, -0.2) is 18.1 Å². The van der Waals surface area contributed by atoms with Crippen molar-refractivity contribution in [2.75, 3.05) is 0 Å². The monoisotopic (exact) mass is 240 g/mol. The second kappa shape index (κ2) is 6.36. The number of hydrogen-bond donors (Lipinski definition) is 2. The Morgan fingerprint density at radius 3 is 2.12 bits per heavy atom. The second-order valence-electron chi connectivity index (χ2n) is 5.38. The predicted molar refractivity (Wildman–Crippen MR) is 66.0 cm³/mol. The molecule has 0 heterocycles. The van der Waals surface area contributed by atoms with Crippen LogP contribution in [0.25, 0.3) is 0 Å². The maximum absolute atomic E-state index is 11.4. The number of amides is 1. The number of carbonyl (C=O) groups is 1. The molecule has 0 aromatic heterocycles. The number of rotatable bonds is 3. The number of ether oxygens (including phenoxy) is 1. The van der Waals surface area contributed by atoms with Gasteiger partial charge < -0.3 is 4.74 Å². The van der Waals surface area contributed by atoms with E-state index in [0.29, 0.717) is 12.2 Å². The fourth-order valence-electron chi connectivity index (χ4n) is 3.05. The fraction of sp³-hybridized carbons (Fsp3) is 0.923.